The third-order valence-electron chi connectivity index (χ3n) is 3.70. The van der Waals surface area contributed by atoms with Crippen molar-refractivity contribution in [3.63, 3.8) is 0 Å². The molecule has 0 radical (unpaired) electrons. The summed E-state index contributed by atoms with van der Waals surface area (Å²) in [6.07, 6.45) is 2.74. The molecular formula is C14H19NOS. The maximum Gasteiger partial charge on any atom is 0.0700 e. The Kier molecular flexibility index (Phi) is 3.41. The minimum absolute atomic E-state index is 0.378. The van der Waals surface area contributed by atoms with Crippen molar-refractivity contribution in [3.8, 4) is 0 Å². The Labute approximate surface area is 107 Å². The van der Waals surface area contributed by atoms with Gasteiger partial charge in [-0.15, -0.1) is 11.8 Å². The summed E-state index contributed by atoms with van der Waals surface area (Å²) < 4.78 is 5.57. The highest BCUT2D eigenvalue weighted by molar-refractivity contribution is 8.00. The van der Waals surface area contributed by atoms with E-state index in [0.29, 0.717) is 17.4 Å². The van der Waals surface area contributed by atoms with Crippen LogP contribution in [-0.2, 0) is 11.2 Å². The summed E-state index contributed by atoms with van der Waals surface area (Å²) in [5, 5.41) is 4.36. The van der Waals surface area contributed by atoms with Crippen molar-refractivity contribution in [2.24, 2.45) is 0 Å². The lowest BCUT2D eigenvalue weighted by atomic mass is 10.1. The Bertz CT molecular complexity index is 371. The van der Waals surface area contributed by atoms with E-state index in [2.05, 4.69) is 36.5 Å². The van der Waals surface area contributed by atoms with Crippen LogP contribution in [0.2, 0.25) is 0 Å². The first-order chi connectivity index (χ1) is 8.33. The van der Waals surface area contributed by atoms with Crippen molar-refractivity contribution in [1.82, 2.24) is 5.32 Å². The predicted octanol–water partition coefficient (Wildman–Crippen LogP) is 2.47. The van der Waals surface area contributed by atoms with Gasteiger partial charge in [0.05, 0.1) is 6.10 Å². The van der Waals surface area contributed by atoms with Crippen LogP contribution in [-0.4, -0.2) is 30.5 Å². The zero-order chi connectivity index (χ0) is 11.7. The van der Waals surface area contributed by atoms with Gasteiger partial charge in [0.2, 0.25) is 0 Å². The summed E-state index contributed by atoms with van der Waals surface area (Å²) in [6.45, 7) is 4.18. The van der Waals surface area contributed by atoms with Gasteiger partial charge in [0.25, 0.3) is 0 Å². The highest BCUT2D eigenvalue weighted by Gasteiger charge is 2.26. The van der Waals surface area contributed by atoms with Crippen LogP contribution in [0.3, 0.4) is 0 Å². The Morgan fingerprint density at radius 2 is 2.29 bits per heavy atom. The number of ether oxygens (including phenoxy) is 1. The lowest BCUT2D eigenvalue weighted by Gasteiger charge is -2.18. The van der Waals surface area contributed by atoms with Crippen molar-refractivity contribution in [2.45, 2.75) is 42.1 Å². The number of rotatable bonds is 3. The van der Waals surface area contributed by atoms with E-state index in [1.807, 2.05) is 11.8 Å². The van der Waals surface area contributed by atoms with E-state index in [4.69, 9.17) is 4.74 Å². The van der Waals surface area contributed by atoms with Crippen LogP contribution in [0.5, 0.6) is 0 Å². The summed E-state index contributed by atoms with van der Waals surface area (Å²) in [5.41, 5.74) is 1.51. The predicted molar refractivity (Wildman–Crippen MR) is 71.6 cm³/mol. The third-order valence-corrected chi connectivity index (χ3v) is 5.02. The topological polar surface area (TPSA) is 21.3 Å². The van der Waals surface area contributed by atoms with E-state index < -0.39 is 0 Å². The van der Waals surface area contributed by atoms with Crippen molar-refractivity contribution < 1.29 is 4.74 Å². The number of thioether (sulfide) groups is 1. The van der Waals surface area contributed by atoms with Gasteiger partial charge in [0, 0.05) is 29.3 Å². The van der Waals surface area contributed by atoms with Crippen molar-refractivity contribution >= 4 is 11.8 Å². The Balaban J connectivity index is 1.52. The zero-order valence-electron chi connectivity index (χ0n) is 10.2. The SMILES string of the molecule is CC1OCCC1NCC1Cc2ccccc2S1. The van der Waals surface area contributed by atoms with E-state index >= 15 is 0 Å². The standard InChI is InChI=1S/C14H19NOS/c1-10-13(6-7-16-10)15-9-12-8-11-4-2-3-5-14(11)17-12/h2-5,10,12-13,15H,6-9H2,1H3. The minimum Gasteiger partial charge on any atom is -0.377 e. The summed E-state index contributed by atoms with van der Waals surface area (Å²) >= 11 is 2.02. The quantitative estimate of drug-likeness (QED) is 0.889. The molecule has 1 aromatic rings. The van der Waals surface area contributed by atoms with Gasteiger partial charge in [-0.3, -0.25) is 0 Å². The molecule has 2 aliphatic heterocycles. The van der Waals surface area contributed by atoms with Crippen LogP contribution in [0.1, 0.15) is 18.9 Å². The molecule has 0 bridgehead atoms. The first-order valence-corrected chi connectivity index (χ1v) is 7.30. The fraction of sp³-hybridized carbons (Fsp3) is 0.571. The third kappa shape index (κ3) is 2.51. The number of benzene rings is 1. The van der Waals surface area contributed by atoms with E-state index in [9.17, 15) is 0 Å². The first-order valence-electron chi connectivity index (χ1n) is 6.42. The van der Waals surface area contributed by atoms with Crippen molar-refractivity contribution in [2.75, 3.05) is 13.2 Å². The molecule has 1 aromatic carbocycles. The summed E-state index contributed by atoms with van der Waals surface area (Å²) in [7, 11) is 0. The maximum absolute atomic E-state index is 5.57. The van der Waals surface area contributed by atoms with Gasteiger partial charge in [-0.05, 0) is 31.4 Å². The molecule has 0 saturated carbocycles. The highest BCUT2D eigenvalue weighted by Crippen LogP contribution is 2.36. The fourth-order valence-electron chi connectivity index (χ4n) is 2.65. The van der Waals surface area contributed by atoms with Gasteiger partial charge in [-0.1, -0.05) is 18.2 Å². The number of nitrogens with one attached hydrogen (secondary N) is 1. The number of hydrogen-bond acceptors (Lipinski definition) is 3. The zero-order valence-corrected chi connectivity index (χ0v) is 11.0. The lowest BCUT2D eigenvalue weighted by Crippen LogP contribution is -2.38. The van der Waals surface area contributed by atoms with E-state index in [1.54, 1.807) is 0 Å². The van der Waals surface area contributed by atoms with Crippen LogP contribution in [0.25, 0.3) is 0 Å². The largest absolute Gasteiger partial charge is 0.377 e. The van der Waals surface area contributed by atoms with E-state index in [1.165, 1.54) is 16.9 Å². The summed E-state index contributed by atoms with van der Waals surface area (Å²) in [5.74, 6) is 0. The average molecular weight is 249 g/mol. The molecule has 3 unspecified atom stereocenters. The van der Waals surface area contributed by atoms with Gasteiger partial charge in [0.1, 0.15) is 0 Å². The van der Waals surface area contributed by atoms with Gasteiger partial charge in [-0.2, -0.15) is 0 Å². The molecule has 3 atom stereocenters. The molecule has 3 heteroatoms. The molecule has 1 saturated heterocycles. The second kappa shape index (κ2) is 5.01. The maximum atomic E-state index is 5.57. The molecule has 0 aliphatic carbocycles. The molecule has 2 nitrogen and oxygen atoms in total. The molecule has 0 amide bonds. The monoisotopic (exact) mass is 249 g/mol. The number of hydrogen-bond donors (Lipinski definition) is 1. The highest BCUT2D eigenvalue weighted by atomic mass is 32.2. The first kappa shape index (κ1) is 11.6. The van der Waals surface area contributed by atoms with Crippen molar-refractivity contribution in [1.29, 1.82) is 0 Å². The molecule has 0 spiro atoms. The molecule has 2 heterocycles. The molecule has 1 fully saturated rings. The fourth-order valence-corrected chi connectivity index (χ4v) is 3.91. The van der Waals surface area contributed by atoms with E-state index in [0.717, 1.165) is 19.6 Å². The molecule has 0 aromatic heterocycles. The average Bonchev–Trinajstić information content (AvgIpc) is 2.92. The van der Waals surface area contributed by atoms with E-state index in [-0.39, 0.29) is 0 Å². The molecule has 1 N–H and O–H groups in total. The van der Waals surface area contributed by atoms with Crippen LogP contribution in [0.15, 0.2) is 29.2 Å². The molecule has 17 heavy (non-hydrogen) atoms. The Hall–Kier alpha value is -0.510. The second-order valence-electron chi connectivity index (χ2n) is 4.93. The van der Waals surface area contributed by atoms with Gasteiger partial charge in [0.15, 0.2) is 0 Å². The van der Waals surface area contributed by atoms with Crippen LogP contribution >= 0.6 is 11.8 Å². The van der Waals surface area contributed by atoms with Gasteiger partial charge >= 0.3 is 0 Å². The van der Waals surface area contributed by atoms with Gasteiger partial charge < -0.3 is 10.1 Å². The normalized spacial score (nSPS) is 31.7. The number of fused-ring (bicyclic) bond motifs is 1. The van der Waals surface area contributed by atoms with Crippen molar-refractivity contribution in [3.05, 3.63) is 29.8 Å². The van der Waals surface area contributed by atoms with Crippen LogP contribution in [0.4, 0.5) is 0 Å². The van der Waals surface area contributed by atoms with Crippen LogP contribution < -0.4 is 5.32 Å². The van der Waals surface area contributed by atoms with Crippen LogP contribution in [0, 0.1) is 0 Å². The summed E-state index contributed by atoms with van der Waals surface area (Å²) in [4.78, 5) is 1.47. The minimum atomic E-state index is 0.378. The molecular weight excluding hydrogens is 230 g/mol. The molecule has 2 aliphatic rings. The smallest absolute Gasteiger partial charge is 0.0700 e. The second-order valence-corrected chi connectivity index (χ2v) is 6.27. The lowest BCUT2D eigenvalue weighted by molar-refractivity contribution is 0.113. The summed E-state index contributed by atoms with van der Waals surface area (Å²) in [6, 6.07) is 9.32. The van der Waals surface area contributed by atoms with Gasteiger partial charge in [-0.25, -0.2) is 0 Å². The Morgan fingerprint density at radius 3 is 3.06 bits per heavy atom. The Morgan fingerprint density at radius 1 is 1.41 bits per heavy atom. The molecule has 3 rings (SSSR count). The molecule has 92 valence electrons.